The van der Waals surface area contributed by atoms with Gasteiger partial charge in [-0.05, 0) is 76.2 Å². The fourth-order valence-electron chi connectivity index (χ4n) is 9.05. The van der Waals surface area contributed by atoms with E-state index in [1.807, 2.05) is 30.4 Å². The maximum atomic E-state index is 5.24. The lowest BCUT2D eigenvalue weighted by molar-refractivity contribution is 1.01. The van der Waals surface area contributed by atoms with Crippen LogP contribution in [-0.2, 0) is 0 Å². The SMILES string of the molecule is C=CC(/C=C/c1ccc2c(c1)c1ccccc1n2-c1nc(-c2ccccc2)c2ccccc2n1)=C(C=C)\C=C\c1cc2c3ccccc3n(-c3ccccc3)c2c2ccccc12. The third-order valence-electron chi connectivity index (χ3n) is 11.9. The van der Waals surface area contributed by atoms with Crippen LogP contribution in [-0.4, -0.2) is 19.1 Å². The molecular weight excluding hydrogens is 753 g/mol. The minimum atomic E-state index is 0.644. The maximum Gasteiger partial charge on any atom is 0.235 e. The monoisotopic (exact) mass is 792 g/mol. The van der Waals surface area contributed by atoms with Gasteiger partial charge in [0.05, 0.1) is 33.3 Å². The van der Waals surface area contributed by atoms with Crippen molar-refractivity contribution in [3.05, 3.63) is 242 Å². The molecule has 62 heavy (non-hydrogen) atoms. The quantitative estimate of drug-likeness (QED) is 0.137. The summed E-state index contributed by atoms with van der Waals surface area (Å²) in [5.41, 5.74) is 12.7. The zero-order valence-electron chi connectivity index (χ0n) is 34.0. The third-order valence-corrected chi connectivity index (χ3v) is 11.9. The van der Waals surface area contributed by atoms with Crippen LogP contribution in [0.2, 0.25) is 0 Å². The van der Waals surface area contributed by atoms with E-state index in [0.29, 0.717) is 5.95 Å². The lowest BCUT2D eigenvalue weighted by atomic mass is 9.98. The zero-order valence-corrected chi connectivity index (χ0v) is 34.0. The number of benzene rings is 8. The highest BCUT2D eigenvalue weighted by molar-refractivity contribution is 6.20. The molecule has 11 aromatic rings. The predicted molar refractivity (Wildman–Crippen MR) is 263 cm³/mol. The van der Waals surface area contributed by atoms with Gasteiger partial charge >= 0.3 is 0 Å². The molecule has 0 aliphatic carbocycles. The predicted octanol–water partition coefficient (Wildman–Crippen LogP) is 15.0. The number of nitrogens with zero attached hydrogens (tertiary/aromatic N) is 4. The number of aromatic nitrogens is 4. The topological polar surface area (TPSA) is 35.6 Å². The van der Waals surface area contributed by atoms with Gasteiger partial charge in [0, 0.05) is 43.6 Å². The second-order valence-corrected chi connectivity index (χ2v) is 15.5. The van der Waals surface area contributed by atoms with E-state index in [4.69, 9.17) is 9.97 Å². The minimum absolute atomic E-state index is 0.644. The Morgan fingerprint density at radius 2 is 1.00 bits per heavy atom. The van der Waals surface area contributed by atoms with E-state index >= 15 is 0 Å². The first-order valence-electron chi connectivity index (χ1n) is 20.9. The smallest absolute Gasteiger partial charge is 0.235 e. The molecule has 0 atom stereocenters. The number of fused-ring (bicyclic) bond motifs is 9. The molecule has 0 bridgehead atoms. The standard InChI is InChI=1S/C58H40N4/c1-3-40(41(4-2)34-35-43-38-51-47-25-15-17-29-53(47)61(44-21-9-6-10-22-44)57(51)48-26-12-11-23-45(43)48)33-31-39-32-36-55-50(37-39)46-24-14-18-30-54(46)62(55)58-59-52-28-16-13-27-49(52)56(60-58)42-19-7-5-8-20-42/h3-38H,1-2H2/b33-31+,35-34+,41-40+. The first-order valence-corrected chi connectivity index (χ1v) is 20.9. The molecule has 0 saturated heterocycles. The summed E-state index contributed by atoms with van der Waals surface area (Å²) in [6.45, 7) is 8.45. The van der Waals surface area contributed by atoms with Crippen LogP contribution in [0.1, 0.15) is 11.1 Å². The zero-order chi connectivity index (χ0) is 41.6. The van der Waals surface area contributed by atoms with Gasteiger partial charge < -0.3 is 4.57 Å². The van der Waals surface area contributed by atoms with Crippen molar-refractivity contribution in [3.63, 3.8) is 0 Å². The molecule has 0 fully saturated rings. The summed E-state index contributed by atoms with van der Waals surface area (Å²) in [7, 11) is 0. The van der Waals surface area contributed by atoms with Crippen LogP contribution in [0.3, 0.4) is 0 Å². The second kappa shape index (κ2) is 15.4. The average molecular weight is 793 g/mol. The Bertz CT molecular complexity index is 3660. The van der Waals surface area contributed by atoms with Gasteiger partial charge in [0.2, 0.25) is 5.95 Å². The van der Waals surface area contributed by atoms with E-state index in [2.05, 4.69) is 210 Å². The number of rotatable bonds is 9. The van der Waals surface area contributed by atoms with Crippen LogP contribution in [0, 0.1) is 0 Å². The molecule has 0 aliphatic rings. The molecule has 3 heterocycles. The van der Waals surface area contributed by atoms with Gasteiger partial charge in [0.1, 0.15) is 0 Å². The van der Waals surface area contributed by atoms with Gasteiger partial charge in [0.15, 0.2) is 0 Å². The van der Waals surface area contributed by atoms with Gasteiger partial charge in [-0.25, -0.2) is 9.97 Å². The lowest BCUT2D eigenvalue weighted by Crippen LogP contribution is -2.03. The second-order valence-electron chi connectivity index (χ2n) is 15.5. The Morgan fingerprint density at radius 3 is 1.73 bits per heavy atom. The van der Waals surface area contributed by atoms with Crippen LogP contribution in [0.4, 0.5) is 0 Å². The highest BCUT2D eigenvalue weighted by Gasteiger charge is 2.19. The lowest BCUT2D eigenvalue weighted by Gasteiger charge is -2.11. The summed E-state index contributed by atoms with van der Waals surface area (Å²) in [6.07, 6.45) is 12.5. The van der Waals surface area contributed by atoms with Crippen molar-refractivity contribution in [2.75, 3.05) is 0 Å². The summed E-state index contributed by atoms with van der Waals surface area (Å²) >= 11 is 0. The first kappa shape index (κ1) is 36.7. The Balaban J connectivity index is 0.990. The molecule has 11 rings (SSSR count). The molecule has 0 amide bonds. The van der Waals surface area contributed by atoms with Gasteiger partial charge in [-0.3, -0.25) is 4.57 Å². The Labute approximate surface area is 359 Å². The number of hydrogen-bond acceptors (Lipinski definition) is 2. The molecule has 0 aliphatic heterocycles. The first-order chi connectivity index (χ1) is 30.7. The molecule has 3 aromatic heterocycles. The van der Waals surface area contributed by atoms with E-state index in [1.165, 1.54) is 32.6 Å². The molecule has 0 spiro atoms. The summed E-state index contributed by atoms with van der Waals surface area (Å²) in [5, 5.41) is 8.13. The molecule has 4 nitrogen and oxygen atoms in total. The third kappa shape index (κ3) is 6.16. The summed E-state index contributed by atoms with van der Waals surface area (Å²) in [4.78, 5) is 10.4. The van der Waals surface area contributed by atoms with Crippen molar-refractivity contribution in [2.24, 2.45) is 0 Å². The summed E-state index contributed by atoms with van der Waals surface area (Å²) < 4.78 is 4.58. The van der Waals surface area contributed by atoms with Crippen LogP contribution in [0.5, 0.6) is 0 Å². The van der Waals surface area contributed by atoms with Crippen molar-refractivity contribution in [1.82, 2.24) is 19.1 Å². The van der Waals surface area contributed by atoms with Crippen LogP contribution in [0.15, 0.2) is 231 Å². The van der Waals surface area contributed by atoms with Crippen molar-refractivity contribution in [2.45, 2.75) is 0 Å². The van der Waals surface area contributed by atoms with Gasteiger partial charge in [-0.1, -0.05) is 183 Å². The fourth-order valence-corrected chi connectivity index (χ4v) is 9.05. The summed E-state index contributed by atoms with van der Waals surface area (Å²) in [6, 6.07) is 64.0. The minimum Gasteiger partial charge on any atom is -0.309 e. The van der Waals surface area contributed by atoms with E-state index in [1.54, 1.807) is 0 Å². The average Bonchev–Trinajstić information content (AvgIpc) is 3.85. The van der Waals surface area contributed by atoms with Crippen molar-refractivity contribution in [3.8, 4) is 22.9 Å². The van der Waals surface area contributed by atoms with E-state index in [-0.39, 0.29) is 0 Å². The van der Waals surface area contributed by atoms with Crippen LogP contribution < -0.4 is 0 Å². The van der Waals surface area contributed by atoms with E-state index in [9.17, 15) is 0 Å². The van der Waals surface area contributed by atoms with Gasteiger partial charge in [0.25, 0.3) is 0 Å². The molecule has 0 unspecified atom stereocenters. The molecule has 0 saturated carbocycles. The molecular formula is C58H40N4. The van der Waals surface area contributed by atoms with Gasteiger partial charge in [-0.2, -0.15) is 0 Å². The van der Waals surface area contributed by atoms with Gasteiger partial charge in [-0.15, -0.1) is 0 Å². The number of para-hydroxylation sites is 4. The highest BCUT2D eigenvalue weighted by Crippen LogP contribution is 2.39. The molecule has 0 radical (unpaired) electrons. The number of hydrogen-bond donors (Lipinski definition) is 0. The number of allylic oxidation sites excluding steroid dienone is 6. The molecule has 4 heteroatoms. The normalized spacial score (nSPS) is 12.5. The van der Waals surface area contributed by atoms with Crippen molar-refractivity contribution in [1.29, 1.82) is 0 Å². The molecule has 292 valence electrons. The highest BCUT2D eigenvalue weighted by atomic mass is 15.2. The Morgan fingerprint density at radius 1 is 0.435 bits per heavy atom. The van der Waals surface area contributed by atoms with Crippen molar-refractivity contribution >= 4 is 77.4 Å². The van der Waals surface area contributed by atoms with E-state index < -0.39 is 0 Å². The Kier molecular flexibility index (Phi) is 9.10. The van der Waals surface area contributed by atoms with Crippen LogP contribution in [0.25, 0.3) is 100 Å². The van der Waals surface area contributed by atoms with E-state index in [0.717, 1.165) is 71.9 Å². The maximum absolute atomic E-state index is 5.24. The van der Waals surface area contributed by atoms with Crippen molar-refractivity contribution < 1.29 is 0 Å². The van der Waals surface area contributed by atoms with Crippen LogP contribution >= 0.6 is 0 Å². The molecule has 0 N–H and O–H groups in total. The Hall–Kier alpha value is -8.34. The summed E-state index contributed by atoms with van der Waals surface area (Å²) in [5.74, 6) is 0.644. The molecule has 8 aromatic carbocycles. The largest absolute Gasteiger partial charge is 0.309 e. The fraction of sp³-hybridized carbons (Fsp3) is 0.